The maximum absolute atomic E-state index is 11.8. The predicted octanol–water partition coefficient (Wildman–Crippen LogP) is 1.83. The summed E-state index contributed by atoms with van der Waals surface area (Å²) in [7, 11) is 0. The number of aromatic nitrogens is 3. The summed E-state index contributed by atoms with van der Waals surface area (Å²) in [5.74, 6) is 3.03. The number of hydrogen-bond acceptors (Lipinski definition) is 5. The highest BCUT2D eigenvalue weighted by atomic mass is 32.2. The minimum Gasteiger partial charge on any atom is -0.460 e. The summed E-state index contributed by atoms with van der Waals surface area (Å²) >= 11 is 1.96. The average molecular weight is 255 g/mol. The molecule has 94 valence electrons. The van der Waals surface area contributed by atoms with Crippen molar-refractivity contribution in [1.82, 2.24) is 14.8 Å². The van der Waals surface area contributed by atoms with Gasteiger partial charge in [-0.15, -0.1) is 10.2 Å². The lowest BCUT2D eigenvalue weighted by atomic mass is 10.1. The number of thioether (sulfide) groups is 1. The fourth-order valence-electron chi connectivity index (χ4n) is 2.08. The lowest BCUT2D eigenvalue weighted by Gasteiger charge is -2.24. The molecule has 0 unspecified atom stereocenters. The van der Waals surface area contributed by atoms with Crippen LogP contribution in [0.15, 0.2) is 0 Å². The first-order chi connectivity index (χ1) is 8.24. The number of rotatable bonds is 3. The SMILES string of the molecule is CCOC(=O)c1nnc(C)n1C1CCSCC1. The first kappa shape index (κ1) is 12.4. The van der Waals surface area contributed by atoms with E-state index in [-0.39, 0.29) is 5.97 Å². The van der Waals surface area contributed by atoms with Gasteiger partial charge in [0.25, 0.3) is 0 Å². The van der Waals surface area contributed by atoms with E-state index in [4.69, 9.17) is 4.74 Å². The first-order valence-corrected chi connectivity index (χ1v) is 7.06. The number of ether oxygens (including phenoxy) is 1. The van der Waals surface area contributed by atoms with Crippen LogP contribution in [0.4, 0.5) is 0 Å². The maximum Gasteiger partial charge on any atom is 0.376 e. The van der Waals surface area contributed by atoms with Crippen molar-refractivity contribution in [2.75, 3.05) is 18.1 Å². The molecule has 1 aliphatic heterocycles. The van der Waals surface area contributed by atoms with E-state index in [1.54, 1.807) is 6.92 Å². The summed E-state index contributed by atoms with van der Waals surface area (Å²) in [5, 5.41) is 7.94. The molecule has 0 spiro atoms. The van der Waals surface area contributed by atoms with Gasteiger partial charge >= 0.3 is 5.97 Å². The third kappa shape index (κ3) is 2.62. The molecule has 1 aliphatic rings. The van der Waals surface area contributed by atoms with E-state index in [9.17, 15) is 4.79 Å². The van der Waals surface area contributed by atoms with Crippen molar-refractivity contribution in [3.63, 3.8) is 0 Å². The lowest BCUT2D eigenvalue weighted by molar-refractivity contribution is 0.0502. The Morgan fingerprint density at radius 2 is 2.18 bits per heavy atom. The van der Waals surface area contributed by atoms with Crippen LogP contribution in [0.3, 0.4) is 0 Å². The van der Waals surface area contributed by atoms with Gasteiger partial charge in [-0.25, -0.2) is 4.79 Å². The van der Waals surface area contributed by atoms with Gasteiger partial charge in [-0.2, -0.15) is 11.8 Å². The van der Waals surface area contributed by atoms with Crippen LogP contribution in [-0.2, 0) is 4.74 Å². The van der Waals surface area contributed by atoms with Crippen LogP contribution in [0.5, 0.6) is 0 Å². The number of carbonyl (C=O) groups excluding carboxylic acids is 1. The fraction of sp³-hybridized carbons (Fsp3) is 0.727. The summed E-state index contributed by atoms with van der Waals surface area (Å²) < 4.78 is 6.95. The number of nitrogens with zero attached hydrogens (tertiary/aromatic N) is 3. The molecular formula is C11H17N3O2S. The average Bonchev–Trinajstić information content (AvgIpc) is 2.73. The molecule has 2 heterocycles. The van der Waals surface area contributed by atoms with Crippen molar-refractivity contribution < 1.29 is 9.53 Å². The number of esters is 1. The first-order valence-electron chi connectivity index (χ1n) is 5.90. The highest BCUT2D eigenvalue weighted by Gasteiger charge is 2.25. The zero-order valence-corrected chi connectivity index (χ0v) is 11.0. The van der Waals surface area contributed by atoms with Crippen LogP contribution in [0.25, 0.3) is 0 Å². The topological polar surface area (TPSA) is 57.0 Å². The second kappa shape index (κ2) is 5.53. The molecule has 1 aromatic heterocycles. The van der Waals surface area contributed by atoms with Crippen LogP contribution < -0.4 is 0 Å². The molecule has 5 nitrogen and oxygen atoms in total. The third-order valence-corrected chi connectivity index (χ3v) is 3.93. The van der Waals surface area contributed by atoms with Gasteiger partial charge in [-0.1, -0.05) is 0 Å². The molecule has 0 amide bonds. The Morgan fingerprint density at radius 3 is 2.82 bits per heavy atom. The number of carbonyl (C=O) groups is 1. The van der Waals surface area contributed by atoms with Gasteiger partial charge in [-0.3, -0.25) is 0 Å². The van der Waals surface area contributed by atoms with E-state index in [1.165, 1.54) is 0 Å². The minimum atomic E-state index is -0.369. The number of hydrogen-bond donors (Lipinski definition) is 0. The predicted molar refractivity (Wildman–Crippen MR) is 66.3 cm³/mol. The highest BCUT2D eigenvalue weighted by molar-refractivity contribution is 7.99. The molecule has 1 aromatic rings. The molecule has 0 atom stereocenters. The van der Waals surface area contributed by atoms with Gasteiger partial charge in [0.05, 0.1) is 6.61 Å². The molecule has 2 rings (SSSR count). The molecule has 0 aliphatic carbocycles. The summed E-state index contributed by atoms with van der Waals surface area (Å²) in [5.41, 5.74) is 0. The highest BCUT2D eigenvalue weighted by Crippen LogP contribution is 2.28. The van der Waals surface area contributed by atoms with Gasteiger partial charge in [0, 0.05) is 6.04 Å². The minimum absolute atomic E-state index is 0.339. The van der Waals surface area contributed by atoms with Gasteiger partial charge in [0.2, 0.25) is 5.82 Å². The molecule has 0 radical (unpaired) electrons. The van der Waals surface area contributed by atoms with Crippen LogP contribution in [0.2, 0.25) is 0 Å². The summed E-state index contributed by atoms with van der Waals surface area (Å²) in [6.07, 6.45) is 2.13. The van der Waals surface area contributed by atoms with Crippen molar-refractivity contribution in [3.05, 3.63) is 11.6 Å². The Balaban J connectivity index is 2.25. The Hall–Kier alpha value is -1.04. The second-order valence-corrected chi connectivity index (χ2v) is 5.23. The monoisotopic (exact) mass is 255 g/mol. The Labute approximate surface area is 105 Å². The molecule has 1 fully saturated rings. The normalized spacial score (nSPS) is 17.1. The van der Waals surface area contributed by atoms with E-state index in [0.717, 1.165) is 30.2 Å². The standard InChI is InChI=1S/C11H17N3O2S/c1-3-16-11(15)10-13-12-8(2)14(10)9-4-6-17-7-5-9/h9H,3-7H2,1-2H3. The Kier molecular flexibility index (Phi) is 4.04. The van der Waals surface area contributed by atoms with Crippen molar-refractivity contribution in [2.24, 2.45) is 0 Å². The van der Waals surface area contributed by atoms with Crippen molar-refractivity contribution in [3.8, 4) is 0 Å². The van der Waals surface area contributed by atoms with Crippen molar-refractivity contribution >= 4 is 17.7 Å². The zero-order valence-electron chi connectivity index (χ0n) is 10.2. The van der Waals surface area contributed by atoms with Gasteiger partial charge < -0.3 is 9.30 Å². The zero-order chi connectivity index (χ0) is 12.3. The smallest absolute Gasteiger partial charge is 0.376 e. The van der Waals surface area contributed by atoms with Crippen molar-refractivity contribution in [2.45, 2.75) is 32.7 Å². The summed E-state index contributed by atoms with van der Waals surface area (Å²) in [6.45, 7) is 4.05. The molecule has 0 saturated carbocycles. The molecule has 0 N–H and O–H groups in total. The van der Waals surface area contributed by atoms with Crippen molar-refractivity contribution in [1.29, 1.82) is 0 Å². The van der Waals surface area contributed by atoms with Gasteiger partial charge in [0.15, 0.2) is 0 Å². The van der Waals surface area contributed by atoms with Crippen LogP contribution in [0.1, 0.15) is 42.3 Å². The maximum atomic E-state index is 11.8. The van der Waals surface area contributed by atoms with Crippen LogP contribution in [-0.4, -0.2) is 38.8 Å². The van der Waals surface area contributed by atoms with Crippen LogP contribution >= 0.6 is 11.8 Å². The molecule has 0 aromatic carbocycles. The summed E-state index contributed by atoms with van der Waals surface area (Å²) in [6, 6.07) is 0.339. The lowest BCUT2D eigenvalue weighted by Crippen LogP contribution is -2.22. The Morgan fingerprint density at radius 1 is 1.47 bits per heavy atom. The quantitative estimate of drug-likeness (QED) is 0.771. The molecule has 1 saturated heterocycles. The van der Waals surface area contributed by atoms with Gasteiger partial charge in [0.1, 0.15) is 5.82 Å². The van der Waals surface area contributed by atoms with E-state index in [0.29, 0.717) is 18.5 Å². The summed E-state index contributed by atoms with van der Waals surface area (Å²) in [4.78, 5) is 11.8. The second-order valence-electron chi connectivity index (χ2n) is 4.00. The van der Waals surface area contributed by atoms with Gasteiger partial charge in [-0.05, 0) is 38.2 Å². The number of aryl methyl sites for hydroxylation is 1. The van der Waals surface area contributed by atoms with E-state index >= 15 is 0 Å². The third-order valence-electron chi connectivity index (χ3n) is 2.88. The van der Waals surface area contributed by atoms with E-state index in [2.05, 4.69) is 10.2 Å². The molecule has 6 heteroatoms. The fourth-order valence-corrected chi connectivity index (χ4v) is 3.17. The van der Waals surface area contributed by atoms with E-state index in [1.807, 2.05) is 23.3 Å². The Bertz CT molecular complexity index is 399. The largest absolute Gasteiger partial charge is 0.460 e. The van der Waals surface area contributed by atoms with E-state index < -0.39 is 0 Å². The molecule has 17 heavy (non-hydrogen) atoms. The van der Waals surface area contributed by atoms with Crippen LogP contribution in [0, 0.1) is 6.92 Å². The molecule has 0 bridgehead atoms. The molecular weight excluding hydrogens is 238 g/mol.